The van der Waals surface area contributed by atoms with E-state index in [4.69, 9.17) is 4.74 Å². The summed E-state index contributed by atoms with van der Waals surface area (Å²) in [6, 6.07) is 8.14. The van der Waals surface area contributed by atoms with Crippen LogP contribution < -0.4 is 10.1 Å². The first-order valence-corrected chi connectivity index (χ1v) is 9.58. The number of ether oxygens (including phenoxy) is 1. The van der Waals surface area contributed by atoms with Crippen molar-refractivity contribution >= 4 is 28.2 Å². The van der Waals surface area contributed by atoms with Gasteiger partial charge in [0, 0.05) is 18.0 Å². The highest BCUT2D eigenvalue weighted by molar-refractivity contribution is 7.91. The normalized spacial score (nSPS) is 13.5. The maximum absolute atomic E-state index is 13.2. The highest BCUT2D eigenvalue weighted by Crippen LogP contribution is 2.28. The maximum atomic E-state index is 13.2. The lowest BCUT2D eigenvalue weighted by Crippen LogP contribution is -2.45. The third-order valence-electron chi connectivity index (χ3n) is 3.95. The molecule has 1 aromatic heterocycles. The third-order valence-corrected chi connectivity index (χ3v) is 5.91. The van der Waals surface area contributed by atoms with Gasteiger partial charge in [-0.1, -0.05) is 19.9 Å². The summed E-state index contributed by atoms with van der Waals surface area (Å²) in [7, 11) is -2.42. The molecule has 2 aromatic rings. The van der Waals surface area contributed by atoms with Gasteiger partial charge in [-0.05, 0) is 36.2 Å². The molecule has 0 aliphatic rings. The number of hydrogen-bond donors (Lipinski definition) is 2. The van der Waals surface area contributed by atoms with Crippen molar-refractivity contribution in [3.05, 3.63) is 54.4 Å². The largest absolute Gasteiger partial charge is 0.497 e. The second-order valence-corrected chi connectivity index (χ2v) is 8.15. The Hall–Kier alpha value is -2.16. The van der Waals surface area contributed by atoms with Crippen molar-refractivity contribution in [3.8, 4) is 5.75 Å². The van der Waals surface area contributed by atoms with Crippen molar-refractivity contribution < 1.29 is 23.1 Å². The zero-order chi connectivity index (χ0) is 19.3. The quantitative estimate of drug-likeness (QED) is 0.683. The van der Waals surface area contributed by atoms with Crippen LogP contribution in [-0.2, 0) is 14.6 Å². The summed E-state index contributed by atoms with van der Waals surface area (Å²) in [4.78, 5) is 15.6. The highest BCUT2D eigenvalue weighted by Gasteiger charge is 2.34. The summed E-state index contributed by atoms with van der Waals surface area (Å²) in [6.45, 7) is 3.43. The summed E-state index contributed by atoms with van der Waals surface area (Å²) in [5.41, 5.74) is 0.371. The fourth-order valence-corrected chi connectivity index (χ4v) is 4.12. The van der Waals surface area contributed by atoms with Crippen molar-refractivity contribution in [1.82, 2.24) is 10.3 Å². The number of aliphatic carboxylic acids is 1. The van der Waals surface area contributed by atoms with Gasteiger partial charge in [0.1, 0.15) is 17.2 Å². The molecule has 0 amide bonds. The zero-order valence-corrected chi connectivity index (χ0v) is 16.8. The Morgan fingerprint density at radius 1 is 1.19 bits per heavy atom. The Morgan fingerprint density at radius 3 is 2.26 bits per heavy atom. The van der Waals surface area contributed by atoms with Gasteiger partial charge >= 0.3 is 5.97 Å². The van der Waals surface area contributed by atoms with Gasteiger partial charge in [0.05, 0.1) is 12.0 Å². The van der Waals surface area contributed by atoms with Crippen LogP contribution >= 0.6 is 12.4 Å². The topological polar surface area (TPSA) is 106 Å². The molecule has 0 radical (unpaired) electrons. The van der Waals surface area contributed by atoms with Crippen LogP contribution in [0.2, 0.25) is 0 Å². The van der Waals surface area contributed by atoms with Crippen LogP contribution in [-0.4, -0.2) is 37.6 Å². The van der Waals surface area contributed by atoms with Gasteiger partial charge in [0.2, 0.25) is 0 Å². The molecule has 0 saturated carbocycles. The third kappa shape index (κ3) is 5.41. The number of benzene rings is 1. The Labute approximate surface area is 165 Å². The molecular formula is C18H23ClN2O5S. The minimum Gasteiger partial charge on any atom is -0.497 e. The lowest BCUT2D eigenvalue weighted by Gasteiger charge is -2.26. The molecule has 2 unspecified atom stereocenters. The minimum atomic E-state index is -3.91. The van der Waals surface area contributed by atoms with E-state index in [2.05, 4.69) is 10.3 Å². The van der Waals surface area contributed by atoms with E-state index >= 15 is 0 Å². The van der Waals surface area contributed by atoms with Crippen molar-refractivity contribution in [2.45, 2.75) is 30.2 Å². The average Bonchev–Trinajstić information content (AvgIpc) is 2.62. The average molecular weight is 415 g/mol. The molecule has 0 bridgehead atoms. The first-order chi connectivity index (χ1) is 12.3. The summed E-state index contributed by atoms with van der Waals surface area (Å²) in [5, 5.41) is 11.0. The predicted molar refractivity (Wildman–Crippen MR) is 104 cm³/mol. The first-order valence-electron chi connectivity index (χ1n) is 8.04. The fraction of sp³-hybridized carbons (Fsp3) is 0.333. The van der Waals surface area contributed by atoms with Crippen LogP contribution in [0.15, 0.2) is 53.7 Å². The van der Waals surface area contributed by atoms with Gasteiger partial charge in [-0.3, -0.25) is 15.1 Å². The molecule has 148 valence electrons. The standard InChI is InChI=1S/C18H22N2O5S.ClH/c1-12(2)16(18(21)22)20-17(13-5-4-10-19-11-13)26(23,24)15-8-6-14(25-3)7-9-15;/h4-12,16-17,20H,1-3H3,(H,21,22);1H. The summed E-state index contributed by atoms with van der Waals surface area (Å²) >= 11 is 0. The summed E-state index contributed by atoms with van der Waals surface area (Å²) in [5.74, 6) is -0.892. The van der Waals surface area contributed by atoms with E-state index in [0.717, 1.165) is 0 Å². The van der Waals surface area contributed by atoms with Gasteiger partial charge in [-0.25, -0.2) is 8.42 Å². The minimum absolute atomic E-state index is 0. The van der Waals surface area contributed by atoms with Crippen molar-refractivity contribution in [2.24, 2.45) is 5.92 Å². The van der Waals surface area contributed by atoms with Crippen molar-refractivity contribution in [1.29, 1.82) is 0 Å². The number of nitrogens with one attached hydrogen (secondary N) is 1. The number of carbonyl (C=O) groups is 1. The van der Waals surface area contributed by atoms with Gasteiger partial charge in [0.15, 0.2) is 9.84 Å². The van der Waals surface area contributed by atoms with Gasteiger partial charge in [-0.2, -0.15) is 0 Å². The zero-order valence-electron chi connectivity index (χ0n) is 15.2. The number of carboxylic acids is 1. The van der Waals surface area contributed by atoms with Crippen LogP contribution in [0.1, 0.15) is 24.8 Å². The Balaban J connectivity index is 0.00000364. The number of aromatic nitrogens is 1. The number of carboxylic acid groups (broad SMARTS) is 1. The molecule has 9 heteroatoms. The Bertz CT molecular complexity index is 842. The monoisotopic (exact) mass is 414 g/mol. The van der Waals surface area contributed by atoms with Gasteiger partial charge in [0.25, 0.3) is 0 Å². The van der Waals surface area contributed by atoms with Crippen molar-refractivity contribution in [2.75, 3.05) is 7.11 Å². The fourth-order valence-electron chi connectivity index (χ4n) is 2.51. The molecule has 0 fully saturated rings. The lowest BCUT2D eigenvalue weighted by molar-refractivity contribution is -0.140. The van der Waals surface area contributed by atoms with E-state index in [1.807, 2.05) is 0 Å². The van der Waals surface area contributed by atoms with E-state index in [0.29, 0.717) is 11.3 Å². The molecule has 1 aromatic carbocycles. The summed E-state index contributed by atoms with van der Waals surface area (Å²) in [6.07, 6.45) is 2.94. The maximum Gasteiger partial charge on any atom is 0.321 e. The number of sulfone groups is 1. The molecule has 1 heterocycles. The van der Waals surface area contributed by atoms with E-state index in [1.54, 1.807) is 38.1 Å². The molecule has 2 N–H and O–H groups in total. The number of halogens is 1. The number of methoxy groups -OCH3 is 1. The molecule has 0 aliphatic carbocycles. The number of pyridine rings is 1. The smallest absolute Gasteiger partial charge is 0.321 e. The lowest BCUT2D eigenvalue weighted by atomic mass is 10.0. The first kappa shape index (κ1) is 22.9. The molecular weight excluding hydrogens is 392 g/mol. The van der Waals surface area contributed by atoms with E-state index in [1.165, 1.54) is 31.6 Å². The van der Waals surface area contributed by atoms with E-state index < -0.39 is 27.2 Å². The molecule has 7 nitrogen and oxygen atoms in total. The molecule has 2 rings (SSSR count). The van der Waals surface area contributed by atoms with Gasteiger partial charge < -0.3 is 9.84 Å². The molecule has 27 heavy (non-hydrogen) atoms. The van der Waals surface area contributed by atoms with Crippen LogP contribution in [0.3, 0.4) is 0 Å². The molecule has 2 atom stereocenters. The SMILES string of the molecule is COc1ccc(S(=O)(=O)C(NC(C(=O)O)C(C)C)c2cccnc2)cc1.Cl. The van der Waals surface area contributed by atoms with Crippen LogP contribution in [0, 0.1) is 5.92 Å². The van der Waals surface area contributed by atoms with E-state index in [9.17, 15) is 18.3 Å². The van der Waals surface area contributed by atoms with Crippen LogP contribution in [0.25, 0.3) is 0 Å². The Kier molecular flexibility index (Phi) is 8.20. The van der Waals surface area contributed by atoms with Gasteiger partial charge in [-0.15, -0.1) is 12.4 Å². The number of rotatable bonds is 8. The second-order valence-electron chi connectivity index (χ2n) is 6.11. The molecule has 0 saturated heterocycles. The molecule has 0 spiro atoms. The highest BCUT2D eigenvalue weighted by atomic mass is 35.5. The molecule has 0 aliphatic heterocycles. The second kappa shape index (κ2) is 9.68. The van der Waals surface area contributed by atoms with Crippen LogP contribution in [0.4, 0.5) is 0 Å². The van der Waals surface area contributed by atoms with E-state index in [-0.39, 0.29) is 23.2 Å². The van der Waals surface area contributed by atoms with Crippen molar-refractivity contribution in [3.63, 3.8) is 0 Å². The number of nitrogens with zero attached hydrogens (tertiary/aromatic N) is 1. The number of hydrogen-bond acceptors (Lipinski definition) is 6. The predicted octanol–water partition coefficient (Wildman–Crippen LogP) is 2.68. The Morgan fingerprint density at radius 2 is 1.81 bits per heavy atom. The van der Waals surface area contributed by atoms with Crippen LogP contribution in [0.5, 0.6) is 5.75 Å². The summed E-state index contributed by atoms with van der Waals surface area (Å²) < 4.78 is 31.4.